The van der Waals surface area contributed by atoms with Gasteiger partial charge < -0.3 is 4.74 Å². The molecule has 0 spiro atoms. The highest BCUT2D eigenvalue weighted by molar-refractivity contribution is 5.14. The lowest BCUT2D eigenvalue weighted by atomic mass is 10.0. The van der Waals surface area contributed by atoms with Crippen LogP contribution in [0.2, 0.25) is 0 Å². The minimum Gasteiger partial charge on any atom is -0.380 e. The number of ether oxygens (including phenoxy) is 1. The van der Waals surface area contributed by atoms with E-state index in [1.807, 2.05) is 6.07 Å². The topological polar surface area (TPSA) is 31.5 Å². The molecule has 0 amide bonds. The van der Waals surface area contributed by atoms with Gasteiger partial charge in [-0.2, -0.15) is 0 Å². The fourth-order valence-electron chi connectivity index (χ4n) is 1.42. The molecule has 0 heterocycles. The van der Waals surface area contributed by atoms with Gasteiger partial charge in [0.15, 0.2) is 0 Å². The second kappa shape index (κ2) is 6.57. The second-order valence-corrected chi connectivity index (χ2v) is 3.59. The smallest absolute Gasteiger partial charge is 0.0623 e. The summed E-state index contributed by atoms with van der Waals surface area (Å²) < 4.78 is 5.27. The quantitative estimate of drug-likeness (QED) is 0.632. The molecule has 0 fully saturated rings. The molecule has 2 radical (unpaired) electrons. The summed E-state index contributed by atoms with van der Waals surface area (Å²) in [6, 6.07) is 10.4. The molecule has 0 aliphatic carbocycles. The van der Waals surface area contributed by atoms with E-state index in [9.17, 15) is 0 Å². The zero-order chi connectivity index (χ0) is 10.2. The first-order chi connectivity index (χ1) is 6.83. The van der Waals surface area contributed by atoms with Gasteiger partial charge in [-0.25, -0.2) is 0 Å². The Morgan fingerprint density at radius 1 is 1.29 bits per heavy atom. The highest BCUT2D eigenvalue weighted by atomic mass is 16.5. The molecule has 0 aliphatic heterocycles. The lowest BCUT2D eigenvalue weighted by Gasteiger charge is -2.11. The maximum absolute atomic E-state index is 8.54. The molecular formula is C12H17NO. The third-order valence-corrected chi connectivity index (χ3v) is 2.06. The van der Waals surface area contributed by atoms with Gasteiger partial charge in [0, 0.05) is 6.61 Å². The molecule has 1 atom stereocenters. The molecule has 0 N–H and O–H groups in total. The van der Waals surface area contributed by atoms with Crippen molar-refractivity contribution in [1.29, 1.82) is 0 Å². The third kappa shape index (κ3) is 4.40. The van der Waals surface area contributed by atoms with Crippen LogP contribution >= 0.6 is 0 Å². The summed E-state index contributed by atoms with van der Waals surface area (Å²) in [6.07, 6.45) is 1.03. The molecule has 1 rings (SSSR count). The summed E-state index contributed by atoms with van der Waals surface area (Å²) in [4.78, 5) is 0. The van der Waals surface area contributed by atoms with Crippen LogP contribution < -0.4 is 5.73 Å². The van der Waals surface area contributed by atoms with Crippen molar-refractivity contribution in [3.05, 3.63) is 35.9 Å². The van der Waals surface area contributed by atoms with E-state index in [1.54, 1.807) is 0 Å². The summed E-state index contributed by atoms with van der Waals surface area (Å²) in [5.74, 6) is 0.504. The van der Waals surface area contributed by atoms with Gasteiger partial charge >= 0.3 is 0 Å². The Labute approximate surface area is 86.1 Å². The van der Waals surface area contributed by atoms with Gasteiger partial charge in [-0.05, 0) is 17.9 Å². The van der Waals surface area contributed by atoms with Crippen LogP contribution in [-0.2, 0) is 11.2 Å². The minimum absolute atomic E-state index is 0.109. The van der Waals surface area contributed by atoms with E-state index < -0.39 is 0 Å². The van der Waals surface area contributed by atoms with Crippen molar-refractivity contribution < 1.29 is 4.74 Å². The monoisotopic (exact) mass is 191 g/mol. The van der Waals surface area contributed by atoms with Crippen molar-refractivity contribution >= 4 is 0 Å². The first-order valence-corrected chi connectivity index (χ1v) is 5.05. The highest BCUT2D eigenvalue weighted by Crippen LogP contribution is 2.08. The standard InChI is InChI=1S/C12H17NO/c1-11(10-14-8-7-13)9-12-5-3-2-4-6-12/h2-6,11H,7-10H2,1H3. The fraction of sp³-hybridized carbons (Fsp3) is 0.500. The Kier molecular flexibility index (Phi) is 5.27. The van der Waals surface area contributed by atoms with Gasteiger partial charge in [0.05, 0.1) is 13.2 Å². The van der Waals surface area contributed by atoms with E-state index in [0.717, 1.165) is 13.0 Å². The average molecular weight is 191 g/mol. The molecule has 0 aliphatic rings. The largest absolute Gasteiger partial charge is 0.380 e. The molecule has 0 saturated carbocycles. The maximum Gasteiger partial charge on any atom is 0.0623 e. The van der Waals surface area contributed by atoms with Gasteiger partial charge in [-0.3, -0.25) is 0 Å². The molecule has 1 aromatic rings. The van der Waals surface area contributed by atoms with Crippen LogP contribution in [0.1, 0.15) is 12.5 Å². The first kappa shape index (κ1) is 11.2. The molecule has 2 nitrogen and oxygen atoms in total. The third-order valence-electron chi connectivity index (χ3n) is 2.06. The highest BCUT2D eigenvalue weighted by Gasteiger charge is 2.02. The fourth-order valence-corrected chi connectivity index (χ4v) is 1.42. The van der Waals surface area contributed by atoms with Crippen LogP contribution in [0.4, 0.5) is 0 Å². The summed E-state index contributed by atoms with van der Waals surface area (Å²) in [7, 11) is 0. The summed E-state index contributed by atoms with van der Waals surface area (Å²) in [6.45, 7) is 3.43. The van der Waals surface area contributed by atoms with E-state index >= 15 is 0 Å². The van der Waals surface area contributed by atoms with Crippen LogP contribution in [0, 0.1) is 5.92 Å². The summed E-state index contributed by atoms with van der Waals surface area (Å²) >= 11 is 0. The number of hydrogen-bond acceptors (Lipinski definition) is 1. The molecule has 76 valence electrons. The van der Waals surface area contributed by atoms with E-state index in [-0.39, 0.29) is 6.54 Å². The number of hydrogen-bond donors (Lipinski definition) is 0. The zero-order valence-electron chi connectivity index (χ0n) is 8.65. The Morgan fingerprint density at radius 3 is 2.64 bits per heavy atom. The molecule has 0 saturated heterocycles. The van der Waals surface area contributed by atoms with Crippen LogP contribution in [0.25, 0.3) is 0 Å². The minimum atomic E-state index is 0.109. The Morgan fingerprint density at radius 2 is 2.00 bits per heavy atom. The Hall–Kier alpha value is -0.860. The predicted molar refractivity (Wildman–Crippen MR) is 57.1 cm³/mol. The van der Waals surface area contributed by atoms with Crippen molar-refractivity contribution in [2.45, 2.75) is 13.3 Å². The summed E-state index contributed by atoms with van der Waals surface area (Å²) in [5, 5.41) is 0. The second-order valence-electron chi connectivity index (χ2n) is 3.59. The van der Waals surface area contributed by atoms with E-state index in [4.69, 9.17) is 10.5 Å². The lowest BCUT2D eigenvalue weighted by Crippen LogP contribution is -2.11. The van der Waals surface area contributed by atoms with Crippen LogP contribution in [0.3, 0.4) is 0 Å². The van der Waals surface area contributed by atoms with Crippen molar-refractivity contribution in [2.75, 3.05) is 19.8 Å². The first-order valence-electron chi connectivity index (χ1n) is 5.05. The van der Waals surface area contributed by atoms with Gasteiger partial charge in [0.2, 0.25) is 0 Å². The molecular weight excluding hydrogens is 174 g/mol. The molecule has 2 heteroatoms. The predicted octanol–water partition coefficient (Wildman–Crippen LogP) is 1.95. The van der Waals surface area contributed by atoms with E-state index in [2.05, 4.69) is 31.2 Å². The van der Waals surface area contributed by atoms with E-state index in [0.29, 0.717) is 12.5 Å². The van der Waals surface area contributed by atoms with Crippen molar-refractivity contribution in [3.8, 4) is 0 Å². The Balaban J connectivity index is 2.23. The van der Waals surface area contributed by atoms with Gasteiger partial charge in [0.25, 0.3) is 0 Å². The molecule has 0 aromatic heterocycles. The van der Waals surface area contributed by atoms with Crippen LogP contribution in [0.15, 0.2) is 30.3 Å². The van der Waals surface area contributed by atoms with Crippen molar-refractivity contribution in [3.63, 3.8) is 0 Å². The number of benzene rings is 1. The van der Waals surface area contributed by atoms with Crippen LogP contribution in [-0.4, -0.2) is 19.8 Å². The SMILES string of the molecule is CC(COCC[N])Cc1ccccc1. The molecule has 14 heavy (non-hydrogen) atoms. The number of rotatable bonds is 6. The molecule has 0 bridgehead atoms. The van der Waals surface area contributed by atoms with Gasteiger partial charge in [0.1, 0.15) is 0 Å². The van der Waals surface area contributed by atoms with Gasteiger partial charge in [-0.1, -0.05) is 37.3 Å². The maximum atomic E-state index is 8.54. The van der Waals surface area contributed by atoms with E-state index in [1.165, 1.54) is 5.56 Å². The Bertz CT molecular complexity index is 235. The molecule has 1 aromatic carbocycles. The summed E-state index contributed by atoms with van der Waals surface area (Å²) in [5.41, 5.74) is 9.88. The van der Waals surface area contributed by atoms with Gasteiger partial charge in [-0.15, -0.1) is 5.73 Å². The zero-order valence-corrected chi connectivity index (χ0v) is 8.65. The molecule has 1 unspecified atom stereocenters. The lowest BCUT2D eigenvalue weighted by molar-refractivity contribution is 0.110. The average Bonchev–Trinajstić information content (AvgIpc) is 2.20. The normalized spacial score (nSPS) is 12.7. The number of nitrogens with zero attached hydrogens (tertiary/aromatic N) is 1. The van der Waals surface area contributed by atoms with Crippen molar-refractivity contribution in [1.82, 2.24) is 5.73 Å². The van der Waals surface area contributed by atoms with Crippen molar-refractivity contribution in [2.24, 2.45) is 5.92 Å². The van der Waals surface area contributed by atoms with Crippen LogP contribution in [0.5, 0.6) is 0 Å².